The predicted molar refractivity (Wildman–Crippen MR) is 131 cm³/mol. The molecule has 8 heteroatoms. The molecule has 0 aromatic carbocycles. The number of carbonyl (C=O) groups excluding carboxylic acids is 2. The number of amides is 1. The molecular formula is C25H34N4O3S. The number of aliphatic hydroxyl groups is 1. The van der Waals surface area contributed by atoms with Crippen LogP contribution in [0, 0.1) is 12.8 Å². The van der Waals surface area contributed by atoms with Crippen molar-refractivity contribution < 1.29 is 14.7 Å². The number of carbonyl (C=O) groups is 2. The molecule has 2 aliphatic rings. The summed E-state index contributed by atoms with van der Waals surface area (Å²) in [5, 5.41) is 13.6. The highest BCUT2D eigenvalue weighted by Gasteiger charge is 2.35. The first-order chi connectivity index (χ1) is 15.5. The van der Waals surface area contributed by atoms with E-state index in [1.165, 1.54) is 11.3 Å². The molecule has 178 valence electrons. The van der Waals surface area contributed by atoms with Crippen molar-refractivity contribution in [3.8, 4) is 10.4 Å². The number of anilines is 1. The van der Waals surface area contributed by atoms with Gasteiger partial charge in [-0.3, -0.25) is 9.59 Å². The Hall–Kier alpha value is -2.32. The monoisotopic (exact) mass is 470 g/mol. The number of aromatic nitrogens is 2. The first-order valence-corrected chi connectivity index (χ1v) is 12.6. The van der Waals surface area contributed by atoms with Gasteiger partial charge in [0.2, 0.25) is 0 Å². The van der Waals surface area contributed by atoms with Crippen LogP contribution >= 0.6 is 11.3 Å². The van der Waals surface area contributed by atoms with Crippen LogP contribution in [0.2, 0.25) is 0 Å². The summed E-state index contributed by atoms with van der Waals surface area (Å²) in [7, 11) is 0. The largest absolute Gasteiger partial charge is 0.393 e. The Labute approximate surface area is 199 Å². The van der Waals surface area contributed by atoms with Gasteiger partial charge >= 0.3 is 0 Å². The molecule has 1 saturated carbocycles. The van der Waals surface area contributed by atoms with E-state index in [2.05, 4.69) is 43.0 Å². The number of hydrogen-bond acceptors (Lipinski definition) is 7. The number of likely N-dealkylation sites (tertiary alicyclic amines) is 1. The maximum Gasteiger partial charge on any atom is 0.274 e. The van der Waals surface area contributed by atoms with Gasteiger partial charge in [0.25, 0.3) is 5.91 Å². The molecule has 2 aromatic heterocycles. The number of nitrogens with zero attached hydrogens (tertiary/aromatic N) is 3. The van der Waals surface area contributed by atoms with Crippen molar-refractivity contribution in [3.63, 3.8) is 0 Å². The van der Waals surface area contributed by atoms with E-state index in [0.717, 1.165) is 29.8 Å². The summed E-state index contributed by atoms with van der Waals surface area (Å²) < 4.78 is 0. The van der Waals surface area contributed by atoms with E-state index in [0.29, 0.717) is 41.4 Å². The number of aliphatic hydroxyl groups excluding tert-OH is 1. The Bertz CT molecular complexity index is 1060. The van der Waals surface area contributed by atoms with E-state index in [4.69, 9.17) is 0 Å². The average molecular weight is 471 g/mol. The normalized spacial score (nSPS) is 23.2. The van der Waals surface area contributed by atoms with Crippen molar-refractivity contribution >= 4 is 28.8 Å². The zero-order valence-electron chi connectivity index (χ0n) is 20.1. The smallest absolute Gasteiger partial charge is 0.274 e. The molecule has 1 aliphatic heterocycles. The molecule has 33 heavy (non-hydrogen) atoms. The third-order valence-electron chi connectivity index (χ3n) is 6.49. The summed E-state index contributed by atoms with van der Waals surface area (Å²) in [6, 6.07) is 2.13. The third kappa shape index (κ3) is 5.11. The molecule has 1 saturated heterocycles. The molecular weight excluding hydrogens is 436 g/mol. The summed E-state index contributed by atoms with van der Waals surface area (Å²) in [6.07, 6.45) is 5.06. The molecule has 0 bridgehead atoms. The van der Waals surface area contributed by atoms with E-state index in [9.17, 15) is 14.7 Å². The molecule has 1 aliphatic carbocycles. The predicted octanol–water partition coefficient (Wildman–Crippen LogP) is 4.69. The Kier molecular flexibility index (Phi) is 6.60. The van der Waals surface area contributed by atoms with Gasteiger partial charge in [-0.15, -0.1) is 11.3 Å². The first kappa shape index (κ1) is 23.8. The molecule has 3 atom stereocenters. The zero-order chi connectivity index (χ0) is 23.9. The first-order valence-electron chi connectivity index (χ1n) is 11.8. The van der Waals surface area contributed by atoms with E-state index < -0.39 is 6.10 Å². The van der Waals surface area contributed by atoms with Gasteiger partial charge in [0.05, 0.1) is 11.0 Å². The molecule has 2 fully saturated rings. The van der Waals surface area contributed by atoms with Crippen LogP contribution in [0.15, 0.2) is 12.3 Å². The van der Waals surface area contributed by atoms with Gasteiger partial charge < -0.3 is 15.3 Å². The molecule has 0 radical (unpaired) electrons. The lowest BCUT2D eigenvalue weighted by Crippen LogP contribution is -2.34. The van der Waals surface area contributed by atoms with Gasteiger partial charge in [-0.05, 0) is 78.4 Å². The van der Waals surface area contributed by atoms with Gasteiger partial charge in [-0.25, -0.2) is 9.97 Å². The van der Waals surface area contributed by atoms with E-state index in [1.54, 1.807) is 6.20 Å². The molecule has 2 aromatic rings. The van der Waals surface area contributed by atoms with Crippen molar-refractivity contribution in [2.24, 2.45) is 5.92 Å². The number of aryl methyl sites for hydroxylation is 1. The van der Waals surface area contributed by atoms with Crippen LogP contribution in [0.25, 0.3) is 10.4 Å². The summed E-state index contributed by atoms with van der Waals surface area (Å²) in [5.41, 5.74) is 2.02. The molecule has 2 N–H and O–H groups in total. The molecule has 4 rings (SSSR count). The zero-order valence-corrected chi connectivity index (χ0v) is 21.0. The lowest BCUT2D eigenvalue weighted by atomic mass is 10.0. The van der Waals surface area contributed by atoms with Crippen molar-refractivity contribution in [1.29, 1.82) is 0 Å². The molecule has 7 nitrogen and oxygen atoms in total. The van der Waals surface area contributed by atoms with Crippen LogP contribution < -0.4 is 5.32 Å². The summed E-state index contributed by atoms with van der Waals surface area (Å²) in [4.78, 5) is 38.5. The van der Waals surface area contributed by atoms with Gasteiger partial charge in [0.15, 0.2) is 10.8 Å². The summed E-state index contributed by atoms with van der Waals surface area (Å²) in [6.45, 7) is 11.0. The lowest BCUT2D eigenvalue weighted by molar-refractivity contribution is 0.0743. The Morgan fingerprint density at radius 3 is 2.58 bits per heavy atom. The van der Waals surface area contributed by atoms with E-state index >= 15 is 0 Å². The molecule has 1 unspecified atom stereocenters. The van der Waals surface area contributed by atoms with Crippen molar-refractivity contribution in [2.75, 3.05) is 11.9 Å². The summed E-state index contributed by atoms with van der Waals surface area (Å²) in [5.74, 6) is 0.354. The standard InChI is InChI=1S/C25H34N4O3S/c1-14-11-19(28-25(3,4)5)26-13-18(14)22-20(24(32)29-10-6-7-15(29)2)27-23(33-22)21(31)16-8-9-17(30)12-16/h11,13,15-17,30H,6-10,12H2,1-5H3,(H,26,28)/t15-,16?,17-/m0/s1. The van der Waals surface area contributed by atoms with E-state index in [1.807, 2.05) is 17.9 Å². The second kappa shape index (κ2) is 9.14. The highest BCUT2D eigenvalue weighted by molar-refractivity contribution is 7.17. The van der Waals surface area contributed by atoms with Gasteiger partial charge in [-0.2, -0.15) is 0 Å². The second-order valence-electron chi connectivity index (χ2n) is 10.5. The van der Waals surface area contributed by atoms with Gasteiger partial charge in [0.1, 0.15) is 11.5 Å². The Morgan fingerprint density at radius 2 is 2.00 bits per heavy atom. The minimum Gasteiger partial charge on any atom is -0.393 e. The minimum absolute atomic E-state index is 0.0667. The summed E-state index contributed by atoms with van der Waals surface area (Å²) >= 11 is 1.28. The van der Waals surface area contributed by atoms with Crippen LogP contribution in [0.1, 0.15) is 85.7 Å². The van der Waals surface area contributed by atoms with Crippen molar-refractivity contribution in [2.45, 2.75) is 84.4 Å². The Balaban J connectivity index is 1.73. The minimum atomic E-state index is -0.431. The number of thiazole rings is 1. The van der Waals surface area contributed by atoms with Crippen molar-refractivity contribution in [1.82, 2.24) is 14.9 Å². The number of pyridine rings is 1. The number of ketones is 1. The maximum atomic E-state index is 13.5. The number of hydrogen-bond donors (Lipinski definition) is 2. The quantitative estimate of drug-likeness (QED) is 0.616. The fourth-order valence-corrected chi connectivity index (χ4v) is 5.89. The van der Waals surface area contributed by atoms with Gasteiger partial charge in [0, 0.05) is 35.8 Å². The van der Waals surface area contributed by atoms with E-state index in [-0.39, 0.29) is 29.2 Å². The van der Waals surface area contributed by atoms with Crippen molar-refractivity contribution in [3.05, 3.63) is 28.5 Å². The van der Waals surface area contributed by atoms with Crippen LogP contribution in [0.5, 0.6) is 0 Å². The number of nitrogens with one attached hydrogen (secondary N) is 1. The lowest BCUT2D eigenvalue weighted by Gasteiger charge is -2.22. The maximum absolute atomic E-state index is 13.5. The molecule has 0 spiro atoms. The highest BCUT2D eigenvalue weighted by atomic mass is 32.1. The van der Waals surface area contributed by atoms with Crippen LogP contribution in [-0.4, -0.2) is 55.9 Å². The molecule has 3 heterocycles. The second-order valence-corrected chi connectivity index (χ2v) is 11.5. The topological polar surface area (TPSA) is 95.4 Å². The molecule has 1 amide bonds. The number of Topliss-reactive ketones (excluding diaryl/α,β-unsaturated/α-hetero) is 1. The highest BCUT2D eigenvalue weighted by Crippen LogP contribution is 2.37. The average Bonchev–Trinajstić information content (AvgIpc) is 3.45. The fraction of sp³-hybridized carbons (Fsp3) is 0.600. The van der Waals surface area contributed by atoms with Crippen LogP contribution in [-0.2, 0) is 0 Å². The van der Waals surface area contributed by atoms with Crippen LogP contribution in [0.4, 0.5) is 5.82 Å². The third-order valence-corrected chi connectivity index (χ3v) is 7.59. The SMILES string of the molecule is Cc1cc(NC(C)(C)C)ncc1-c1sc(C(=O)C2CC[C@H](O)C2)nc1C(=O)N1CCC[C@@H]1C. The van der Waals surface area contributed by atoms with Crippen LogP contribution in [0.3, 0.4) is 0 Å². The fourth-order valence-electron chi connectivity index (χ4n) is 4.74. The Morgan fingerprint density at radius 1 is 1.24 bits per heavy atom. The van der Waals surface area contributed by atoms with Gasteiger partial charge in [-0.1, -0.05) is 0 Å². The number of rotatable bonds is 5.